The molecule has 110 valence electrons. The molecule has 0 fully saturated rings. The molecule has 0 radical (unpaired) electrons. The van der Waals surface area contributed by atoms with Crippen molar-refractivity contribution in [1.82, 2.24) is 5.32 Å². The highest BCUT2D eigenvalue weighted by molar-refractivity contribution is 5.86. The summed E-state index contributed by atoms with van der Waals surface area (Å²) >= 11 is 0. The number of hydrogen-bond donors (Lipinski definition) is 1. The molecule has 0 aliphatic heterocycles. The second-order valence-electron chi connectivity index (χ2n) is 6.01. The first-order valence-corrected chi connectivity index (χ1v) is 6.87. The summed E-state index contributed by atoms with van der Waals surface area (Å²) in [5, 5.41) is 13.3. The van der Waals surface area contributed by atoms with Gasteiger partial charge in [-0.1, -0.05) is 18.7 Å². The molecule has 1 aromatic carbocycles. The number of nitrogens with one attached hydrogen (secondary N) is 1. The molecule has 0 amide bonds. The third-order valence-electron chi connectivity index (χ3n) is 2.94. The number of para-hydroxylation sites is 1. The third kappa shape index (κ3) is 3.87. The van der Waals surface area contributed by atoms with Crippen molar-refractivity contribution >= 4 is 11.0 Å². The lowest BCUT2D eigenvalue weighted by Gasteiger charge is -2.21. The smallest absolute Gasteiger partial charge is 0.246 e. The summed E-state index contributed by atoms with van der Waals surface area (Å²) < 4.78 is 11.2. The highest BCUT2D eigenvalue weighted by Gasteiger charge is 2.15. The van der Waals surface area contributed by atoms with Gasteiger partial charge in [-0.05, 0) is 38.5 Å². The van der Waals surface area contributed by atoms with Crippen molar-refractivity contribution in [3.05, 3.63) is 42.2 Å². The van der Waals surface area contributed by atoms with Gasteiger partial charge in [0.1, 0.15) is 18.3 Å². The van der Waals surface area contributed by atoms with Gasteiger partial charge in [-0.25, -0.2) is 0 Å². The van der Waals surface area contributed by atoms with Gasteiger partial charge in [0.05, 0.1) is 5.39 Å². The van der Waals surface area contributed by atoms with Gasteiger partial charge in [-0.15, -0.1) is 0 Å². The summed E-state index contributed by atoms with van der Waals surface area (Å²) in [4.78, 5) is 0. The van der Waals surface area contributed by atoms with Crippen molar-refractivity contribution in [2.24, 2.45) is 0 Å². The maximum atomic E-state index is 9.14. The first-order valence-electron chi connectivity index (χ1n) is 6.87. The molecule has 4 heteroatoms. The summed E-state index contributed by atoms with van der Waals surface area (Å²) in [6, 6.07) is 9.48. The molecule has 0 aliphatic rings. The lowest BCUT2D eigenvalue weighted by atomic mass is 10.1. The maximum Gasteiger partial charge on any atom is 0.246 e. The molecular formula is C17H20N2O2. The topological polar surface area (TPSA) is 58.2 Å². The Kier molecular flexibility index (Phi) is 4.35. The second-order valence-corrected chi connectivity index (χ2v) is 6.01. The molecule has 1 heterocycles. The van der Waals surface area contributed by atoms with Gasteiger partial charge in [-0.3, -0.25) is 0 Å². The second kappa shape index (κ2) is 6.02. The molecule has 2 rings (SSSR count). The Balaban J connectivity index is 2.07. The van der Waals surface area contributed by atoms with Crippen LogP contribution in [0.25, 0.3) is 11.0 Å². The fourth-order valence-corrected chi connectivity index (χ4v) is 1.85. The van der Waals surface area contributed by atoms with Crippen molar-refractivity contribution in [3.8, 4) is 11.8 Å². The molecule has 0 unspecified atom stereocenters. The van der Waals surface area contributed by atoms with E-state index in [-0.39, 0.29) is 11.3 Å². The summed E-state index contributed by atoms with van der Waals surface area (Å²) in [7, 11) is 0. The van der Waals surface area contributed by atoms with Gasteiger partial charge >= 0.3 is 0 Å². The van der Waals surface area contributed by atoms with Crippen molar-refractivity contribution in [1.29, 1.82) is 5.26 Å². The van der Waals surface area contributed by atoms with Crippen LogP contribution in [-0.4, -0.2) is 18.7 Å². The zero-order chi connectivity index (χ0) is 15.5. The molecule has 0 saturated heterocycles. The fraction of sp³-hybridized carbons (Fsp3) is 0.353. The minimum atomic E-state index is 0.0308. The summed E-state index contributed by atoms with van der Waals surface area (Å²) in [6.45, 7) is 11.3. The molecule has 21 heavy (non-hydrogen) atoms. The Hall–Kier alpha value is -2.25. The Morgan fingerprint density at radius 3 is 2.76 bits per heavy atom. The highest BCUT2D eigenvalue weighted by atomic mass is 16.5. The first-order chi connectivity index (χ1) is 9.90. The molecule has 0 atom stereocenters. The van der Waals surface area contributed by atoms with Gasteiger partial charge in [0.25, 0.3) is 0 Å². The van der Waals surface area contributed by atoms with Gasteiger partial charge in [-0.2, -0.15) is 5.26 Å². The lowest BCUT2D eigenvalue weighted by Crippen LogP contribution is -2.37. The van der Waals surface area contributed by atoms with Crippen molar-refractivity contribution in [2.75, 3.05) is 13.2 Å². The summed E-state index contributed by atoms with van der Waals surface area (Å²) in [5.74, 6) is 0.692. The van der Waals surface area contributed by atoms with Crippen LogP contribution in [0.2, 0.25) is 0 Å². The third-order valence-corrected chi connectivity index (χ3v) is 2.94. The van der Waals surface area contributed by atoms with Crippen LogP contribution in [0.15, 0.2) is 40.8 Å². The van der Waals surface area contributed by atoms with Crippen LogP contribution >= 0.6 is 0 Å². The van der Waals surface area contributed by atoms with Gasteiger partial charge in [0.2, 0.25) is 5.76 Å². The maximum absolute atomic E-state index is 9.14. The van der Waals surface area contributed by atoms with E-state index in [1.165, 1.54) is 0 Å². The number of nitriles is 1. The monoisotopic (exact) mass is 284 g/mol. The minimum Gasteiger partial charge on any atom is -0.484 e. The van der Waals surface area contributed by atoms with Gasteiger partial charge < -0.3 is 14.5 Å². The van der Waals surface area contributed by atoms with Crippen LogP contribution in [0, 0.1) is 11.3 Å². The predicted molar refractivity (Wildman–Crippen MR) is 83.3 cm³/mol. The minimum absolute atomic E-state index is 0.0308. The summed E-state index contributed by atoms with van der Waals surface area (Å²) in [6.07, 6.45) is 0. The number of fused-ring (bicyclic) bond motifs is 1. The van der Waals surface area contributed by atoms with Crippen molar-refractivity contribution < 1.29 is 9.15 Å². The van der Waals surface area contributed by atoms with Crippen LogP contribution in [0.1, 0.15) is 26.5 Å². The lowest BCUT2D eigenvalue weighted by molar-refractivity contribution is 0.338. The average molecular weight is 284 g/mol. The molecular weight excluding hydrogens is 264 g/mol. The number of furan rings is 1. The van der Waals surface area contributed by atoms with E-state index in [2.05, 4.69) is 32.7 Å². The largest absolute Gasteiger partial charge is 0.484 e. The van der Waals surface area contributed by atoms with E-state index in [0.29, 0.717) is 24.5 Å². The Bertz CT molecular complexity index is 687. The summed E-state index contributed by atoms with van der Waals surface area (Å²) in [5.41, 5.74) is 1.60. The molecule has 0 spiro atoms. The van der Waals surface area contributed by atoms with Crippen LogP contribution in [0.5, 0.6) is 5.75 Å². The van der Waals surface area contributed by atoms with E-state index in [4.69, 9.17) is 14.4 Å². The number of ether oxygens (including phenoxy) is 1. The van der Waals surface area contributed by atoms with E-state index in [0.717, 1.165) is 11.0 Å². The number of rotatable bonds is 5. The van der Waals surface area contributed by atoms with Gasteiger partial charge in [0, 0.05) is 12.1 Å². The van der Waals surface area contributed by atoms with Crippen molar-refractivity contribution in [2.45, 2.75) is 26.3 Å². The van der Waals surface area contributed by atoms with Crippen LogP contribution < -0.4 is 10.1 Å². The zero-order valence-corrected chi connectivity index (χ0v) is 12.7. The SMILES string of the molecule is C=C(CNC(C)(C)C)COc1c(C#N)oc2ccccc12. The molecule has 0 aliphatic carbocycles. The molecule has 0 bridgehead atoms. The quantitative estimate of drug-likeness (QED) is 0.852. The average Bonchev–Trinajstić information content (AvgIpc) is 2.80. The van der Waals surface area contributed by atoms with E-state index in [1.807, 2.05) is 30.3 Å². The van der Waals surface area contributed by atoms with Crippen LogP contribution in [-0.2, 0) is 0 Å². The van der Waals surface area contributed by atoms with E-state index >= 15 is 0 Å². The number of hydrogen-bond acceptors (Lipinski definition) is 4. The van der Waals surface area contributed by atoms with E-state index in [9.17, 15) is 0 Å². The molecule has 2 aromatic rings. The molecule has 4 nitrogen and oxygen atoms in total. The molecule has 1 aromatic heterocycles. The van der Waals surface area contributed by atoms with Gasteiger partial charge in [0.15, 0.2) is 5.75 Å². The standard InChI is InChI=1S/C17H20N2O2/c1-12(10-19-17(2,3)4)11-20-16-13-7-5-6-8-14(13)21-15(16)9-18/h5-8,19H,1,10-11H2,2-4H3. The number of nitrogens with zero attached hydrogens (tertiary/aromatic N) is 1. The molecule has 1 N–H and O–H groups in total. The van der Waals surface area contributed by atoms with Crippen LogP contribution in [0.4, 0.5) is 0 Å². The van der Waals surface area contributed by atoms with Crippen molar-refractivity contribution in [3.63, 3.8) is 0 Å². The first kappa shape index (κ1) is 15.1. The van der Waals surface area contributed by atoms with Crippen LogP contribution in [0.3, 0.4) is 0 Å². The Labute approximate surface area is 125 Å². The predicted octanol–water partition coefficient (Wildman–Crippen LogP) is 3.63. The fourth-order valence-electron chi connectivity index (χ4n) is 1.85. The normalized spacial score (nSPS) is 11.3. The Morgan fingerprint density at radius 1 is 1.38 bits per heavy atom. The highest BCUT2D eigenvalue weighted by Crippen LogP contribution is 2.32. The number of benzene rings is 1. The zero-order valence-electron chi connectivity index (χ0n) is 12.7. The van der Waals surface area contributed by atoms with E-state index < -0.39 is 0 Å². The Morgan fingerprint density at radius 2 is 2.10 bits per heavy atom. The molecule has 0 saturated carbocycles. The van der Waals surface area contributed by atoms with E-state index in [1.54, 1.807) is 0 Å².